The molecular weight excluding hydrogens is 388 g/mol. The van der Waals surface area contributed by atoms with Crippen LogP contribution >= 0.6 is 11.6 Å². The van der Waals surface area contributed by atoms with E-state index >= 15 is 0 Å². The van der Waals surface area contributed by atoms with E-state index in [9.17, 15) is 9.59 Å². The maximum atomic E-state index is 13.3. The van der Waals surface area contributed by atoms with Crippen LogP contribution in [0.4, 0.5) is 0 Å². The van der Waals surface area contributed by atoms with Crippen LogP contribution in [0.1, 0.15) is 16.7 Å². The molecule has 0 aliphatic carbocycles. The Morgan fingerprint density at radius 3 is 2.24 bits per heavy atom. The monoisotopic (exact) mass is 410 g/mol. The fourth-order valence-electron chi connectivity index (χ4n) is 3.72. The van der Waals surface area contributed by atoms with Crippen molar-refractivity contribution in [2.45, 2.75) is 13.3 Å². The number of morpholine rings is 1. The number of hydrogen-bond acceptors (Lipinski definition) is 4. The van der Waals surface area contributed by atoms with Gasteiger partial charge in [0.25, 0.3) is 11.8 Å². The molecule has 2 aliphatic heterocycles. The molecular formula is C23H23ClN2O3. The van der Waals surface area contributed by atoms with Gasteiger partial charge >= 0.3 is 0 Å². The third-order valence-corrected chi connectivity index (χ3v) is 5.60. The van der Waals surface area contributed by atoms with Crippen molar-refractivity contribution >= 4 is 29.0 Å². The van der Waals surface area contributed by atoms with E-state index in [1.54, 1.807) is 0 Å². The van der Waals surface area contributed by atoms with Gasteiger partial charge in [0.05, 0.1) is 18.8 Å². The molecule has 1 saturated heterocycles. The highest BCUT2D eigenvalue weighted by Crippen LogP contribution is 2.32. The molecule has 4 rings (SSSR count). The van der Waals surface area contributed by atoms with E-state index in [0.29, 0.717) is 55.6 Å². The number of benzene rings is 2. The number of imide groups is 1. The lowest BCUT2D eigenvalue weighted by atomic mass is 10.0. The van der Waals surface area contributed by atoms with Crippen molar-refractivity contribution in [1.29, 1.82) is 0 Å². The van der Waals surface area contributed by atoms with Gasteiger partial charge in [-0.05, 0) is 36.6 Å². The third kappa shape index (κ3) is 4.07. The number of rotatable bonds is 5. The van der Waals surface area contributed by atoms with Crippen LogP contribution in [0.15, 0.2) is 54.2 Å². The summed E-state index contributed by atoms with van der Waals surface area (Å²) in [6.45, 7) is 4.65. The molecule has 2 aliphatic rings. The largest absolute Gasteiger partial charge is 0.378 e. The molecule has 0 aromatic heterocycles. The Labute approximate surface area is 175 Å². The number of carbonyl (C=O) groups is 2. The van der Waals surface area contributed by atoms with Crippen molar-refractivity contribution in [3.8, 4) is 0 Å². The number of carbonyl (C=O) groups excluding carboxylic acids is 2. The van der Waals surface area contributed by atoms with Gasteiger partial charge in [0.2, 0.25) is 0 Å². The lowest BCUT2D eigenvalue weighted by Crippen LogP contribution is -2.40. The van der Waals surface area contributed by atoms with Crippen molar-refractivity contribution < 1.29 is 14.3 Å². The zero-order valence-corrected chi connectivity index (χ0v) is 17.1. The Bertz CT molecular complexity index is 945. The average Bonchev–Trinajstić information content (AvgIpc) is 2.99. The molecule has 5 nitrogen and oxygen atoms in total. The summed E-state index contributed by atoms with van der Waals surface area (Å²) in [4.78, 5) is 29.9. The van der Waals surface area contributed by atoms with Crippen molar-refractivity contribution in [2.24, 2.45) is 0 Å². The first-order valence-corrected chi connectivity index (χ1v) is 10.2. The second kappa shape index (κ2) is 8.39. The first-order chi connectivity index (χ1) is 14.0. The van der Waals surface area contributed by atoms with Crippen LogP contribution in [0.5, 0.6) is 0 Å². The van der Waals surface area contributed by atoms with Gasteiger partial charge in [-0.2, -0.15) is 0 Å². The fraction of sp³-hybridized carbons (Fsp3) is 0.304. The molecule has 0 radical (unpaired) electrons. The van der Waals surface area contributed by atoms with Crippen molar-refractivity contribution in [3.05, 3.63) is 75.9 Å². The highest BCUT2D eigenvalue weighted by molar-refractivity contribution is 6.35. The molecule has 0 spiro atoms. The van der Waals surface area contributed by atoms with E-state index in [-0.39, 0.29) is 11.8 Å². The molecule has 6 heteroatoms. The lowest BCUT2D eigenvalue weighted by molar-refractivity contribution is -0.137. The minimum absolute atomic E-state index is 0.221. The van der Waals surface area contributed by atoms with Crippen LogP contribution in [0.2, 0.25) is 5.02 Å². The summed E-state index contributed by atoms with van der Waals surface area (Å²) in [5.74, 6) is -0.448. The number of halogens is 1. The van der Waals surface area contributed by atoms with Crippen molar-refractivity contribution in [1.82, 2.24) is 9.80 Å². The van der Waals surface area contributed by atoms with Gasteiger partial charge in [-0.25, -0.2) is 0 Å². The van der Waals surface area contributed by atoms with E-state index in [0.717, 1.165) is 16.7 Å². The second-order valence-electron chi connectivity index (χ2n) is 7.33. The summed E-state index contributed by atoms with van der Waals surface area (Å²) < 4.78 is 5.43. The summed E-state index contributed by atoms with van der Waals surface area (Å²) in [5, 5.41) is 0.667. The summed E-state index contributed by atoms with van der Waals surface area (Å²) in [6, 6.07) is 15.2. The second-order valence-corrected chi connectivity index (χ2v) is 7.76. The SMILES string of the molecule is Cc1ccc(C2=C(N3CCOCC3)C(=O)N(CCc3ccc(Cl)cc3)C2=O)cc1. The zero-order chi connectivity index (χ0) is 20.4. The molecule has 1 fully saturated rings. The normalized spacial score (nSPS) is 17.4. The number of ether oxygens (including phenoxy) is 1. The molecule has 0 bridgehead atoms. The van der Waals surface area contributed by atoms with Gasteiger partial charge in [0.15, 0.2) is 0 Å². The fourth-order valence-corrected chi connectivity index (χ4v) is 3.85. The van der Waals surface area contributed by atoms with E-state index in [1.807, 2.05) is 60.4 Å². The standard InChI is InChI=1S/C23H23ClN2O3/c1-16-2-6-18(7-3-16)20-21(25-12-14-29-15-13-25)23(28)26(22(20)27)11-10-17-4-8-19(24)9-5-17/h2-9H,10-15H2,1H3. The molecule has 0 N–H and O–H groups in total. The molecule has 2 heterocycles. The molecule has 150 valence electrons. The predicted octanol–water partition coefficient (Wildman–Crippen LogP) is 3.30. The van der Waals surface area contributed by atoms with Gasteiger partial charge in [-0.15, -0.1) is 0 Å². The molecule has 2 aromatic carbocycles. The number of amides is 2. The Kier molecular flexibility index (Phi) is 5.69. The number of aryl methyl sites for hydroxylation is 1. The molecule has 0 unspecified atom stereocenters. The van der Waals surface area contributed by atoms with E-state index in [4.69, 9.17) is 16.3 Å². The maximum absolute atomic E-state index is 13.3. The Morgan fingerprint density at radius 1 is 0.931 bits per heavy atom. The van der Waals surface area contributed by atoms with Gasteiger partial charge in [-0.1, -0.05) is 53.6 Å². The minimum atomic E-state index is -0.227. The predicted molar refractivity (Wildman–Crippen MR) is 112 cm³/mol. The van der Waals surface area contributed by atoms with Gasteiger partial charge in [0, 0.05) is 24.7 Å². The Morgan fingerprint density at radius 2 is 1.59 bits per heavy atom. The minimum Gasteiger partial charge on any atom is -0.378 e. The average molecular weight is 411 g/mol. The summed E-state index contributed by atoms with van der Waals surface area (Å²) in [5.41, 5.74) is 3.92. The Hall–Kier alpha value is -2.63. The van der Waals surface area contributed by atoms with E-state index in [2.05, 4.69) is 0 Å². The van der Waals surface area contributed by atoms with Crippen LogP contribution in [0, 0.1) is 6.92 Å². The topological polar surface area (TPSA) is 49.9 Å². The first-order valence-electron chi connectivity index (χ1n) is 9.79. The summed E-state index contributed by atoms with van der Waals surface area (Å²) >= 11 is 5.95. The quantitative estimate of drug-likeness (QED) is 0.710. The summed E-state index contributed by atoms with van der Waals surface area (Å²) in [6.07, 6.45) is 0.590. The van der Waals surface area contributed by atoms with Crippen molar-refractivity contribution in [3.63, 3.8) is 0 Å². The highest BCUT2D eigenvalue weighted by Gasteiger charge is 2.41. The summed E-state index contributed by atoms with van der Waals surface area (Å²) in [7, 11) is 0. The van der Waals surface area contributed by atoms with E-state index < -0.39 is 0 Å². The number of nitrogens with zero attached hydrogens (tertiary/aromatic N) is 2. The molecule has 0 saturated carbocycles. The van der Waals surface area contributed by atoms with Crippen LogP contribution in [0.3, 0.4) is 0 Å². The van der Waals surface area contributed by atoms with Gasteiger partial charge < -0.3 is 9.64 Å². The molecule has 2 amide bonds. The van der Waals surface area contributed by atoms with Gasteiger partial charge in [0.1, 0.15) is 5.70 Å². The third-order valence-electron chi connectivity index (χ3n) is 5.35. The highest BCUT2D eigenvalue weighted by atomic mass is 35.5. The van der Waals surface area contributed by atoms with E-state index in [1.165, 1.54) is 4.90 Å². The maximum Gasteiger partial charge on any atom is 0.277 e. The number of hydrogen-bond donors (Lipinski definition) is 0. The molecule has 29 heavy (non-hydrogen) atoms. The lowest BCUT2D eigenvalue weighted by Gasteiger charge is -2.29. The first kappa shape index (κ1) is 19.7. The van der Waals surface area contributed by atoms with Crippen molar-refractivity contribution in [2.75, 3.05) is 32.8 Å². The van der Waals surface area contributed by atoms with Crippen LogP contribution in [-0.2, 0) is 20.7 Å². The van der Waals surface area contributed by atoms with Crippen LogP contribution in [-0.4, -0.2) is 54.5 Å². The molecule has 0 atom stereocenters. The van der Waals surface area contributed by atoms with Gasteiger partial charge in [-0.3, -0.25) is 14.5 Å². The zero-order valence-electron chi connectivity index (χ0n) is 16.4. The van der Waals surface area contributed by atoms with Crippen LogP contribution < -0.4 is 0 Å². The Balaban J connectivity index is 1.63. The van der Waals surface area contributed by atoms with Crippen LogP contribution in [0.25, 0.3) is 5.57 Å². The smallest absolute Gasteiger partial charge is 0.277 e. The molecule has 2 aromatic rings.